The van der Waals surface area contributed by atoms with Crippen molar-refractivity contribution >= 4 is 0 Å². The van der Waals surface area contributed by atoms with Gasteiger partial charge in [0.05, 0.1) is 19.8 Å². The van der Waals surface area contributed by atoms with Crippen LogP contribution in [0.2, 0.25) is 0 Å². The summed E-state index contributed by atoms with van der Waals surface area (Å²) in [5.74, 6) is 0.468. The van der Waals surface area contributed by atoms with Crippen molar-refractivity contribution in [3.05, 3.63) is 29.3 Å². The maximum Gasteiger partial charge on any atom is 0.163 e. The Kier molecular flexibility index (Phi) is 4.45. The smallest absolute Gasteiger partial charge is 0.163 e. The second kappa shape index (κ2) is 5.90. The molecule has 1 atom stereocenters. The molecule has 1 heterocycles. The molecule has 1 fully saturated rings. The van der Waals surface area contributed by atoms with Gasteiger partial charge >= 0.3 is 0 Å². The number of aryl methyl sites for hydroxylation is 1. The highest BCUT2D eigenvalue weighted by molar-refractivity contribution is 5.36. The predicted octanol–water partition coefficient (Wildman–Crippen LogP) is 2.24. The Morgan fingerprint density at radius 3 is 2.84 bits per heavy atom. The molecule has 1 aliphatic rings. The molecule has 1 aromatic carbocycles. The van der Waals surface area contributed by atoms with Crippen molar-refractivity contribution in [2.75, 3.05) is 20.3 Å². The van der Waals surface area contributed by atoms with Gasteiger partial charge in [-0.2, -0.15) is 0 Å². The van der Waals surface area contributed by atoms with E-state index in [1.54, 1.807) is 7.11 Å². The van der Waals surface area contributed by atoms with Crippen molar-refractivity contribution in [3.8, 4) is 5.75 Å². The van der Waals surface area contributed by atoms with Crippen molar-refractivity contribution < 1.29 is 14.2 Å². The summed E-state index contributed by atoms with van der Waals surface area (Å²) in [7, 11) is 1.70. The Hall–Kier alpha value is -1.10. The van der Waals surface area contributed by atoms with Gasteiger partial charge in [-0.3, -0.25) is 0 Å². The fourth-order valence-electron chi connectivity index (χ4n) is 2.28. The van der Waals surface area contributed by atoms with Crippen LogP contribution in [0.4, 0.5) is 0 Å². The molecule has 1 saturated heterocycles. The van der Waals surface area contributed by atoms with Crippen molar-refractivity contribution in [3.63, 3.8) is 0 Å². The van der Waals surface area contributed by atoms with E-state index in [1.165, 1.54) is 11.1 Å². The third-order valence-electron chi connectivity index (χ3n) is 3.19. The lowest BCUT2D eigenvalue weighted by Crippen LogP contribution is -2.30. The van der Waals surface area contributed by atoms with Crippen LogP contribution in [0.1, 0.15) is 25.0 Å². The van der Waals surface area contributed by atoms with Gasteiger partial charge in [0, 0.05) is 18.7 Å². The summed E-state index contributed by atoms with van der Waals surface area (Å²) >= 11 is 0. The van der Waals surface area contributed by atoms with Crippen molar-refractivity contribution in [2.45, 2.75) is 39.2 Å². The molecule has 106 valence electrons. The van der Waals surface area contributed by atoms with Gasteiger partial charge in [-0.25, -0.2) is 0 Å². The van der Waals surface area contributed by atoms with Crippen LogP contribution in [0, 0.1) is 6.92 Å². The summed E-state index contributed by atoms with van der Waals surface area (Å²) in [5.41, 5.74) is 2.40. The molecular weight excluding hydrogens is 242 g/mol. The molecule has 0 amide bonds. The molecule has 1 unspecified atom stereocenters. The standard InChI is InChI=1S/C15H23NO3/c1-11-5-6-14(17-4)12(7-11)8-16-9-13-10-18-15(2,3)19-13/h5-7,13,16H,8-10H2,1-4H3. The lowest BCUT2D eigenvalue weighted by Gasteiger charge is -2.17. The molecule has 0 saturated carbocycles. The van der Waals surface area contributed by atoms with Crippen molar-refractivity contribution in [1.82, 2.24) is 5.32 Å². The largest absolute Gasteiger partial charge is 0.496 e. The van der Waals surface area contributed by atoms with E-state index in [4.69, 9.17) is 14.2 Å². The number of benzene rings is 1. The Morgan fingerprint density at radius 1 is 1.42 bits per heavy atom. The summed E-state index contributed by atoms with van der Waals surface area (Å²) in [5, 5.41) is 3.40. The van der Waals surface area contributed by atoms with E-state index in [1.807, 2.05) is 19.9 Å². The van der Waals surface area contributed by atoms with Crippen LogP contribution in [-0.2, 0) is 16.0 Å². The zero-order valence-electron chi connectivity index (χ0n) is 12.2. The normalized spacial score (nSPS) is 21.6. The van der Waals surface area contributed by atoms with Gasteiger partial charge in [0.1, 0.15) is 5.75 Å². The molecule has 0 aliphatic carbocycles. The number of rotatable bonds is 5. The van der Waals surface area contributed by atoms with Gasteiger partial charge < -0.3 is 19.5 Å². The highest BCUT2D eigenvalue weighted by Crippen LogP contribution is 2.22. The van der Waals surface area contributed by atoms with Crippen LogP contribution in [0.15, 0.2) is 18.2 Å². The summed E-state index contributed by atoms with van der Waals surface area (Å²) < 4.78 is 16.6. The molecule has 0 radical (unpaired) electrons. The van der Waals surface area contributed by atoms with Gasteiger partial charge in [0.15, 0.2) is 5.79 Å². The topological polar surface area (TPSA) is 39.7 Å². The molecule has 0 bridgehead atoms. The SMILES string of the molecule is COc1ccc(C)cc1CNCC1COC(C)(C)O1. The van der Waals surface area contributed by atoms with E-state index >= 15 is 0 Å². The van der Waals surface area contributed by atoms with E-state index in [0.717, 1.165) is 18.8 Å². The highest BCUT2D eigenvalue weighted by atomic mass is 16.7. The van der Waals surface area contributed by atoms with Gasteiger partial charge in [-0.15, -0.1) is 0 Å². The van der Waals surface area contributed by atoms with Gasteiger partial charge in [0.25, 0.3) is 0 Å². The fraction of sp³-hybridized carbons (Fsp3) is 0.600. The molecule has 1 aliphatic heterocycles. The third kappa shape index (κ3) is 3.93. The molecule has 1 N–H and O–H groups in total. The first-order valence-corrected chi connectivity index (χ1v) is 6.66. The van der Waals surface area contributed by atoms with E-state index in [0.29, 0.717) is 6.61 Å². The Balaban J connectivity index is 1.84. The maximum atomic E-state index is 5.75. The van der Waals surface area contributed by atoms with Crippen LogP contribution in [0.3, 0.4) is 0 Å². The zero-order chi connectivity index (χ0) is 13.9. The Labute approximate surface area is 115 Å². The molecule has 0 spiro atoms. The minimum Gasteiger partial charge on any atom is -0.496 e. The third-order valence-corrected chi connectivity index (χ3v) is 3.19. The number of methoxy groups -OCH3 is 1. The van der Waals surface area contributed by atoms with Gasteiger partial charge in [-0.1, -0.05) is 17.7 Å². The second-order valence-corrected chi connectivity index (χ2v) is 5.40. The maximum absolute atomic E-state index is 5.75. The molecule has 2 rings (SSSR count). The van der Waals surface area contributed by atoms with Gasteiger partial charge in [0.2, 0.25) is 0 Å². The molecule has 1 aromatic rings. The number of nitrogens with one attached hydrogen (secondary N) is 1. The number of ether oxygens (including phenoxy) is 3. The van der Waals surface area contributed by atoms with Crippen LogP contribution in [0.5, 0.6) is 5.75 Å². The lowest BCUT2D eigenvalue weighted by atomic mass is 10.1. The molecule has 4 nitrogen and oxygen atoms in total. The average Bonchev–Trinajstić information content (AvgIpc) is 2.69. The van der Waals surface area contributed by atoms with E-state index in [9.17, 15) is 0 Å². The number of hydrogen-bond donors (Lipinski definition) is 1. The second-order valence-electron chi connectivity index (χ2n) is 5.40. The van der Waals surface area contributed by atoms with Crippen LogP contribution in [-0.4, -0.2) is 32.2 Å². The Bertz CT molecular complexity index is 431. The van der Waals surface area contributed by atoms with Crippen LogP contribution in [0.25, 0.3) is 0 Å². The average molecular weight is 265 g/mol. The van der Waals surface area contributed by atoms with Crippen LogP contribution >= 0.6 is 0 Å². The van der Waals surface area contributed by atoms with E-state index < -0.39 is 5.79 Å². The first-order valence-electron chi connectivity index (χ1n) is 6.66. The molecule has 4 heteroatoms. The quantitative estimate of drug-likeness (QED) is 0.886. The first-order chi connectivity index (χ1) is 9.00. The van der Waals surface area contributed by atoms with Gasteiger partial charge in [-0.05, 0) is 26.8 Å². The lowest BCUT2D eigenvalue weighted by molar-refractivity contribution is -0.137. The van der Waals surface area contributed by atoms with E-state index in [-0.39, 0.29) is 6.10 Å². The summed E-state index contributed by atoms with van der Waals surface area (Å²) in [6.45, 7) is 8.16. The predicted molar refractivity (Wildman–Crippen MR) is 74.3 cm³/mol. The van der Waals surface area contributed by atoms with Crippen molar-refractivity contribution in [1.29, 1.82) is 0 Å². The monoisotopic (exact) mass is 265 g/mol. The molecule has 19 heavy (non-hydrogen) atoms. The summed E-state index contributed by atoms with van der Waals surface area (Å²) in [6, 6.07) is 6.20. The summed E-state index contributed by atoms with van der Waals surface area (Å²) in [6.07, 6.45) is 0.116. The molecular formula is C15H23NO3. The molecule has 0 aromatic heterocycles. The zero-order valence-corrected chi connectivity index (χ0v) is 12.2. The number of hydrogen-bond acceptors (Lipinski definition) is 4. The summed E-state index contributed by atoms with van der Waals surface area (Å²) in [4.78, 5) is 0. The minimum atomic E-state index is -0.451. The highest BCUT2D eigenvalue weighted by Gasteiger charge is 2.32. The first kappa shape index (κ1) is 14.3. The Morgan fingerprint density at radius 2 is 2.21 bits per heavy atom. The van der Waals surface area contributed by atoms with E-state index in [2.05, 4.69) is 24.4 Å². The van der Waals surface area contributed by atoms with Crippen LogP contribution < -0.4 is 10.1 Å². The fourth-order valence-corrected chi connectivity index (χ4v) is 2.28. The minimum absolute atomic E-state index is 0.116. The van der Waals surface area contributed by atoms with Crippen molar-refractivity contribution in [2.24, 2.45) is 0 Å².